The lowest BCUT2D eigenvalue weighted by Gasteiger charge is -2.28. The maximum Gasteiger partial charge on any atom is 0.317 e. The number of carbonyl (C=O) groups is 2. The normalized spacial score (nSPS) is 15.3. The molecule has 18 heavy (non-hydrogen) atoms. The van der Waals surface area contributed by atoms with E-state index in [0.717, 1.165) is 6.54 Å². The van der Waals surface area contributed by atoms with Gasteiger partial charge < -0.3 is 15.3 Å². The fraction of sp³-hybridized carbons (Fsp3) is 0.846. The van der Waals surface area contributed by atoms with E-state index in [-0.39, 0.29) is 12.6 Å². The van der Waals surface area contributed by atoms with E-state index in [2.05, 4.69) is 5.32 Å². The first-order chi connectivity index (χ1) is 8.45. The Kier molecular flexibility index (Phi) is 4.99. The first kappa shape index (κ1) is 14.8. The fourth-order valence-electron chi connectivity index (χ4n) is 2.03. The van der Waals surface area contributed by atoms with E-state index >= 15 is 0 Å². The van der Waals surface area contributed by atoms with Crippen molar-refractivity contribution < 1.29 is 14.7 Å². The van der Waals surface area contributed by atoms with Crippen LogP contribution in [-0.2, 0) is 4.79 Å². The molecule has 2 amide bonds. The minimum absolute atomic E-state index is 0.172. The highest BCUT2D eigenvalue weighted by Gasteiger charge is 2.35. The van der Waals surface area contributed by atoms with Crippen LogP contribution in [0.1, 0.15) is 39.5 Å². The lowest BCUT2D eigenvalue weighted by molar-refractivity contribution is -0.149. The highest BCUT2D eigenvalue weighted by Crippen LogP contribution is 2.29. The zero-order valence-electron chi connectivity index (χ0n) is 11.5. The molecule has 0 heterocycles. The smallest absolute Gasteiger partial charge is 0.317 e. The molecule has 0 unspecified atom stereocenters. The number of nitrogens with zero attached hydrogens (tertiary/aromatic N) is 1. The zero-order valence-corrected chi connectivity index (χ0v) is 11.5. The van der Waals surface area contributed by atoms with Crippen molar-refractivity contribution in [3.8, 4) is 0 Å². The standard InChI is InChI=1S/C13H24N2O3/c1-4-13(5-2,11(16)17)9-14-12(18)15(3)8-10-6-7-10/h10H,4-9H2,1-3H3,(H,14,18)(H,16,17). The van der Waals surface area contributed by atoms with Gasteiger partial charge in [0.2, 0.25) is 0 Å². The molecule has 0 saturated heterocycles. The first-order valence-electron chi connectivity index (χ1n) is 6.67. The molecule has 1 aliphatic carbocycles. The van der Waals surface area contributed by atoms with Crippen molar-refractivity contribution in [2.75, 3.05) is 20.1 Å². The number of hydrogen-bond acceptors (Lipinski definition) is 2. The van der Waals surface area contributed by atoms with Gasteiger partial charge in [0, 0.05) is 20.1 Å². The zero-order chi connectivity index (χ0) is 13.8. The molecule has 104 valence electrons. The molecule has 1 rings (SSSR count). The Hall–Kier alpha value is -1.26. The SMILES string of the molecule is CCC(CC)(CNC(=O)N(C)CC1CC1)C(=O)O. The number of urea groups is 1. The van der Waals surface area contributed by atoms with Gasteiger partial charge in [0.1, 0.15) is 0 Å². The summed E-state index contributed by atoms with van der Waals surface area (Å²) in [6.07, 6.45) is 3.43. The van der Waals surface area contributed by atoms with Crippen molar-refractivity contribution in [1.29, 1.82) is 0 Å². The molecule has 0 aromatic heterocycles. The van der Waals surface area contributed by atoms with E-state index in [1.807, 2.05) is 13.8 Å². The molecule has 5 heteroatoms. The molecule has 0 aliphatic heterocycles. The summed E-state index contributed by atoms with van der Waals surface area (Å²) < 4.78 is 0. The van der Waals surface area contributed by atoms with Crippen LogP contribution in [0.3, 0.4) is 0 Å². The Labute approximate surface area is 109 Å². The second kappa shape index (κ2) is 6.07. The third-order valence-corrected chi connectivity index (χ3v) is 3.96. The molecule has 2 N–H and O–H groups in total. The first-order valence-corrected chi connectivity index (χ1v) is 6.67. The molecule has 1 saturated carbocycles. The van der Waals surface area contributed by atoms with Gasteiger partial charge in [-0.2, -0.15) is 0 Å². The Morgan fingerprint density at radius 1 is 1.33 bits per heavy atom. The van der Waals surface area contributed by atoms with Crippen LogP contribution in [0.25, 0.3) is 0 Å². The largest absolute Gasteiger partial charge is 0.481 e. The van der Waals surface area contributed by atoms with Gasteiger partial charge in [-0.15, -0.1) is 0 Å². The summed E-state index contributed by atoms with van der Waals surface area (Å²) in [7, 11) is 1.76. The molecule has 0 bridgehead atoms. The van der Waals surface area contributed by atoms with E-state index in [1.165, 1.54) is 12.8 Å². The molecule has 0 atom stereocenters. The van der Waals surface area contributed by atoms with Crippen LogP contribution < -0.4 is 5.32 Å². The third kappa shape index (κ3) is 3.62. The Morgan fingerprint density at radius 2 is 1.89 bits per heavy atom. The molecule has 5 nitrogen and oxygen atoms in total. The minimum atomic E-state index is -0.837. The third-order valence-electron chi connectivity index (χ3n) is 3.96. The maximum atomic E-state index is 11.8. The second-order valence-corrected chi connectivity index (χ2v) is 5.28. The second-order valence-electron chi connectivity index (χ2n) is 5.28. The van der Waals surface area contributed by atoms with Crippen LogP contribution in [-0.4, -0.2) is 42.1 Å². The maximum absolute atomic E-state index is 11.8. The molecule has 0 spiro atoms. The van der Waals surface area contributed by atoms with E-state index in [4.69, 9.17) is 0 Å². The summed E-state index contributed by atoms with van der Waals surface area (Å²) >= 11 is 0. The Bertz CT molecular complexity index is 309. The summed E-state index contributed by atoms with van der Waals surface area (Å²) in [5.74, 6) is -0.194. The molecule has 0 aromatic rings. The van der Waals surface area contributed by atoms with E-state index < -0.39 is 11.4 Å². The number of carbonyl (C=O) groups excluding carboxylic acids is 1. The van der Waals surface area contributed by atoms with Crippen LogP contribution in [0.4, 0.5) is 4.79 Å². The molecule has 0 radical (unpaired) electrons. The van der Waals surface area contributed by atoms with E-state index in [1.54, 1.807) is 11.9 Å². The molecular formula is C13H24N2O3. The summed E-state index contributed by atoms with van der Waals surface area (Å²) in [6, 6.07) is -0.172. The van der Waals surface area contributed by atoms with Crippen LogP contribution in [0.5, 0.6) is 0 Å². The molecule has 0 aromatic carbocycles. The van der Waals surface area contributed by atoms with Crippen LogP contribution in [0, 0.1) is 11.3 Å². The fourth-order valence-corrected chi connectivity index (χ4v) is 2.03. The average Bonchev–Trinajstić information content (AvgIpc) is 3.14. The summed E-state index contributed by atoms with van der Waals surface area (Å²) in [4.78, 5) is 24.8. The van der Waals surface area contributed by atoms with Crippen molar-refractivity contribution in [2.24, 2.45) is 11.3 Å². The van der Waals surface area contributed by atoms with Gasteiger partial charge in [-0.05, 0) is 31.6 Å². The molecule has 1 aliphatic rings. The van der Waals surface area contributed by atoms with Gasteiger partial charge in [-0.3, -0.25) is 4.79 Å². The lowest BCUT2D eigenvalue weighted by Crippen LogP contribution is -2.46. The van der Waals surface area contributed by atoms with Crippen molar-refractivity contribution in [3.05, 3.63) is 0 Å². The highest BCUT2D eigenvalue weighted by atomic mass is 16.4. The van der Waals surface area contributed by atoms with Gasteiger partial charge >= 0.3 is 12.0 Å². The van der Waals surface area contributed by atoms with Crippen LogP contribution in [0.2, 0.25) is 0 Å². The van der Waals surface area contributed by atoms with E-state index in [0.29, 0.717) is 18.8 Å². The average molecular weight is 256 g/mol. The van der Waals surface area contributed by atoms with Crippen molar-refractivity contribution in [2.45, 2.75) is 39.5 Å². The van der Waals surface area contributed by atoms with Crippen LogP contribution in [0.15, 0.2) is 0 Å². The van der Waals surface area contributed by atoms with Crippen LogP contribution >= 0.6 is 0 Å². The van der Waals surface area contributed by atoms with Gasteiger partial charge in [-0.25, -0.2) is 4.79 Å². The number of carboxylic acids is 1. The van der Waals surface area contributed by atoms with Gasteiger partial charge in [-0.1, -0.05) is 13.8 Å². The number of aliphatic carboxylic acids is 1. The van der Waals surface area contributed by atoms with Crippen molar-refractivity contribution >= 4 is 12.0 Å². The number of carboxylic acid groups (broad SMARTS) is 1. The topological polar surface area (TPSA) is 69.6 Å². The van der Waals surface area contributed by atoms with Gasteiger partial charge in [0.25, 0.3) is 0 Å². The summed E-state index contributed by atoms with van der Waals surface area (Å²) in [5, 5.41) is 12.0. The Balaban J connectivity index is 2.45. The lowest BCUT2D eigenvalue weighted by atomic mass is 9.82. The van der Waals surface area contributed by atoms with Gasteiger partial charge in [0.05, 0.1) is 5.41 Å². The number of nitrogens with one attached hydrogen (secondary N) is 1. The monoisotopic (exact) mass is 256 g/mol. The van der Waals surface area contributed by atoms with Crippen molar-refractivity contribution in [1.82, 2.24) is 10.2 Å². The predicted octanol–water partition coefficient (Wildman–Crippen LogP) is 1.93. The van der Waals surface area contributed by atoms with Crippen molar-refractivity contribution in [3.63, 3.8) is 0 Å². The summed E-state index contributed by atoms with van der Waals surface area (Å²) in [5.41, 5.74) is -0.837. The van der Waals surface area contributed by atoms with E-state index in [9.17, 15) is 14.7 Å². The highest BCUT2D eigenvalue weighted by molar-refractivity contribution is 5.78. The number of amides is 2. The Morgan fingerprint density at radius 3 is 2.28 bits per heavy atom. The summed E-state index contributed by atoms with van der Waals surface area (Å²) in [6.45, 7) is 4.66. The molecular weight excluding hydrogens is 232 g/mol. The predicted molar refractivity (Wildman–Crippen MR) is 69.4 cm³/mol. The number of rotatable bonds is 7. The number of hydrogen-bond donors (Lipinski definition) is 2. The molecule has 1 fully saturated rings. The minimum Gasteiger partial charge on any atom is -0.481 e. The van der Waals surface area contributed by atoms with Gasteiger partial charge in [0.15, 0.2) is 0 Å². The quantitative estimate of drug-likeness (QED) is 0.731.